The molecule has 140 valence electrons. The van der Waals surface area contributed by atoms with Crippen molar-refractivity contribution in [1.29, 1.82) is 0 Å². The summed E-state index contributed by atoms with van der Waals surface area (Å²) in [5, 5.41) is 6.35. The van der Waals surface area contributed by atoms with E-state index >= 15 is 0 Å². The standard InChI is InChI=1S/C19H25N3O4/c1-14(2)9-10-22(12-18(23)20-17-11-15(3)26-21-17)19(24)13-25-16-7-5-4-6-8-16/h4-8,11,14H,9-10,12-13H2,1-3H3,(H,20,21,23). The minimum absolute atomic E-state index is 0.0599. The molecular formula is C19H25N3O4. The van der Waals surface area contributed by atoms with Gasteiger partial charge in [0.25, 0.3) is 5.91 Å². The number of carbonyl (C=O) groups is 2. The predicted octanol–water partition coefficient (Wildman–Crippen LogP) is 2.88. The van der Waals surface area contributed by atoms with Crippen molar-refractivity contribution in [1.82, 2.24) is 10.1 Å². The fraction of sp³-hybridized carbons (Fsp3) is 0.421. The number of rotatable bonds is 9. The molecule has 0 aliphatic carbocycles. The summed E-state index contributed by atoms with van der Waals surface area (Å²) in [5.74, 6) is 1.42. The van der Waals surface area contributed by atoms with E-state index in [0.29, 0.717) is 29.8 Å². The summed E-state index contributed by atoms with van der Waals surface area (Å²) in [6, 6.07) is 10.7. The minimum atomic E-state index is -0.324. The normalized spacial score (nSPS) is 10.6. The molecule has 1 aromatic carbocycles. The van der Waals surface area contributed by atoms with Gasteiger partial charge in [-0.1, -0.05) is 37.2 Å². The fourth-order valence-electron chi connectivity index (χ4n) is 2.24. The smallest absolute Gasteiger partial charge is 0.260 e. The van der Waals surface area contributed by atoms with Gasteiger partial charge in [-0.25, -0.2) is 0 Å². The minimum Gasteiger partial charge on any atom is -0.484 e. The average Bonchev–Trinajstić information content (AvgIpc) is 3.01. The van der Waals surface area contributed by atoms with Crippen LogP contribution in [0.2, 0.25) is 0 Å². The van der Waals surface area contributed by atoms with E-state index in [0.717, 1.165) is 6.42 Å². The Morgan fingerprint density at radius 1 is 1.27 bits per heavy atom. The molecule has 1 heterocycles. The van der Waals surface area contributed by atoms with Crippen molar-refractivity contribution in [2.24, 2.45) is 5.92 Å². The summed E-state index contributed by atoms with van der Waals surface area (Å²) >= 11 is 0. The molecule has 7 heteroatoms. The van der Waals surface area contributed by atoms with E-state index < -0.39 is 0 Å². The number of nitrogens with one attached hydrogen (secondary N) is 1. The van der Waals surface area contributed by atoms with Gasteiger partial charge in [0.2, 0.25) is 5.91 Å². The molecule has 0 fully saturated rings. The number of hydrogen-bond donors (Lipinski definition) is 1. The Bertz CT molecular complexity index is 713. The van der Waals surface area contributed by atoms with Crippen LogP contribution < -0.4 is 10.1 Å². The zero-order chi connectivity index (χ0) is 18.9. The van der Waals surface area contributed by atoms with Crippen molar-refractivity contribution in [3.63, 3.8) is 0 Å². The molecule has 0 aliphatic heterocycles. The number of carbonyl (C=O) groups excluding carboxylic acids is 2. The summed E-state index contributed by atoms with van der Waals surface area (Å²) in [6.45, 7) is 6.19. The van der Waals surface area contributed by atoms with Crippen LogP contribution in [0.5, 0.6) is 5.75 Å². The van der Waals surface area contributed by atoms with E-state index in [1.165, 1.54) is 4.90 Å². The maximum absolute atomic E-state index is 12.5. The number of ether oxygens (including phenoxy) is 1. The zero-order valence-electron chi connectivity index (χ0n) is 15.4. The van der Waals surface area contributed by atoms with Crippen molar-refractivity contribution in [2.75, 3.05) is 25.0 Å². The summed E-state index contributed by atoms with van der Waals surface area (Å²) < 4.78 is 10.4. The van der Waals surface area contributed by atoms with Crippen LogP contribution in [-0.2, 0) is 9.59 Å². The van der Waals surface area contributed by atoms with Crippen LogP contribution in [-0.4, -0.2) is 41.6 Å². The van der Waals surface area contributed by atoms with Crippen LogP contribution in [0.15, 0.2) is 40.9 Å². The largest absolute Gasteiger partial charge is 0.484 e. The van der Waals surface area contributed by atoms with Crippen molar-refractivity contribution >= 4 is 17.6 Å². The highest BCUT2D eigenvalue weighted by atomic mass is 16.5. The number of para-hydroxylation sites is 1. The number of aromatic nitrogens is 1. The van der Waals surface area contributed by atoms with E-state index in [1.807, 2.05) is 18.2 Å². The molecule has 0 radical (unpaired) electrons. The van der Waals surface area contributed by atoms with Crippen LogP contribution in [0.25, 0.3) is 0 Å². The third-order valence-corrected chi connectivity index (χ3v) is 3.66. The first-order valence-electron chi connectivity index (χ1n) is 8.63. The van der Waals surface area contributed by atoms with Crippen LogP contribution in [0.1, 0.15) is 26.0 Å². The molecule has 0 bridgehead atoms. The van der Waals surface area contributed by atoms with Gasteiger partial charge in [0.1, 0.15) is 18.1 Å². The van der Waals surface area contributed by atoms with Crippen molar-refractivity contribution in [3.8, 4) is 5.75 Å². The lowest BCUT2D eigenvalue weighted by Gasteiger charge is -2.23. The number of nitrogens with zero attached hydrogens (tertiary/aromatic N) is 2. The lowest BCUT2D eigenvalue weighted by molar-refractivity contribution is -0.136. The molecule has 0 unspecified atom stereocenters. The van der Waals surface area contributed by atoms with Gasteiger partial charge in [0, 0.05) is 12.6 Å². The first-order chi connectivity index (χ1) is 12.4. The van der Waals surface area contributed by atoms with Crippen LogP contribution in [0.4, 0.5) is 5.82 Å². The first kappa shape index (κ1) is 19.5. The molecule has 0 saturated heterocycles. The third kappa shape index (κ3) is 6.58. The third-order valence-electron chi connectivity index (χ3n) is 3.66. The molecule has 2 aromatic rings. The quantitative estimate of drug-likeness (QED) is 0.744. The van der Waals surface area contributed by atoms with Gasteiger partial charge < -0.3 is 19.5 Å². The molecule has 0 aliphatic rings. The Balaban J connectivity index is 1.92. The summed E-state index contributed by atoms with van der Waals surface area (Å²) in [4.78, 5) is 26.2. The summed E-state index contributed by atoms with van der Waals surface area (Å²) in [5.41, 5.74) is 0. The second-order valence-electron chi connectivity index (χ2n) is 6.47. The Kier molecular flexibility index (Phi) is 7.20. The van der Waals surface area contributed by atoms with Gasteiger partial charge in [0.05, 0.1) is 0 Å². The summed E-state index contributed by atoms with van der Waals surface area (Å²) in [7, 11) is 0. The predicted molar refractivity (Wildman–Crippen MR) is 97.8 cm³/mol. The van der Waals surface area contributed by atoms with Crippen molar-refractivity contribution in [2.45, 2.75) is 27.2 Å². The summed E-state index contributed by atoms with van der Waals surface area (Å²) in [6.07, 6.45) is 0.799. The lowest BCUT2D eigenvalue weighted by atomic mass is 10.1. The highest BCUT2D eigenvalue weighted by molar-refractivity contribution is 5.94. The number of aryl methyl sites for hydroxylation is 1. The maximum atomic E-state index is 12.5. The van der Waals surface area contributed by atoms with Gasteiger partial charge in [0.15, 0.2) is 12.4 Å². The van der Waals surface area contributed by atoms with Crippen LogP contribution in [0, 0.1) is 12.8 Å². The molecule has 7 nitrogen and oxygen atoms in total. The van der Waals surface area contributed by atoms with E-state index in [2.05, 4.69) is 24.3 Å². The second kappa shape index (κ2) is 9.60. The molecule has 2 amide bonds. The van der Waals surface area contributed by atoms with Crippen molar-refractivity contribution in [3.05, 3.63) is 42.2 Å². The fourth-order valence-corrected chi connectivity index (χ4v) is 2.24. The monoisotopic (exact) mass is 359 g/mol. The van der Waals surface area contributed by atoms with Crippen LogP contribution in [0.3, 0.4) is 0 Å². The van der Waals surface area contributed by atoms with E-state index in [9.17, 15) is 9.59 Å². The number of amides is 2. The molecule has 2 rings (SSSR count). The zero-order valence-corrected chi connectivity index (χ0v) is 15.4. The molecule has 1 N–H and O–H groups in total. The Labute approximate surface area is 153 Å². The second-order valence-corrected chi connectivity index (χ2v) is 6.47. The van der Waals surface area contributed by atoms with Gasteiger partial charge >= 0.3 is 0 Å². The first-order valence-corrected chi connectivity index (χ1v) is 8.63. The van der Waals surface area contributed by atoms with E-state index in [1.54, 1.807) is 25.1 Å². The van der Waals surface area contributed by atoms with E-state index in [4.69, 9.17) is 9.26 Å². The Hall–Kier alpha value is -2.83. The van der Waals surface area contributed by atoms with Crippen LogP contribution >= 0.6 is 0 Å². The highest BCUT2D eigenvalue weighted by Crippen LogP contribution is 2.10. The highest BCUT2D eigenvalue weighted by Gasteiger charge is 2.19. The van der Waals surface area contributed by atoms with Gasteiger partial charge in [-0.2, -0.15) is 0 Å². The number of benzene rings is 1. The molecule has 0 saturated carbocycles. The molecule has 26 heavy (non-hydrogen) atoms. The number of anilines is 1. The van der Waals surface area contributed by atoms with Gasteiger partial charge in [-0.05, 0) is 31.4 Å². The topological polar surface area (TPSA) is 84.7 Å². The van der Waals surface area contributed by atoms with Gasteiger partial charge in [-0.3, -0.25) is 9.59 Å². The Morgan fingerprint density at radius 2 is 2.00 bits per heavy atom. The van der Waals surface area contributed by atoms with Crippen molar-refractivity contribution < 1.29 is 18.8 Å². The molecule has 0 atom stereocenters. The lowest BCUT2D eigenvalue weighted by Crippen LogP contribution is -2.41. The number of hydrogen-bond acceptors (Lipinski definition) is 5. The molecular weight excluding hydrogens is 334 g/mol. The SMILES string of the molecule is Cc1cc(NC(=O)CN(CCC(C)C)C(=O)COc2ccccc2)no1. The molecule has 0 spiro atoms. The Morgan fingerprint density at radius 3 is 2.62 bits per heavy atom. The average molecular weight is 359 g/mol. The molecule has 1 aromatic heterocycles. The maximum Gasteiger partial charge on any atom is 0.260 e. The van der Waals surface area contributed by atoms with Gasteiger partial charge in [-0.15, -0.1) is 0 Å². The van der Waals surface area contributed by atoms with E-state index in [-0.39, 0.29) is 25.0 Å².